The number of methoxy groups -OCH3 is 1. The number of hydrogen-bond donors (Lipinski definition) is 0. The number of hydrogen-bond acceptors (Lipinski definition) is 4. The van der Waals surface area contributed by atoms with E-state index >= 15 is 0 Å². The lowest BCUT2D eigenvalue weighted by Crippen LogP contribution is -1.97. The smallest absolute Gasteiger partial charge is 0.175 e. The third-order valence-corrected chi connectivity index (χ3v) is 3.43. The van der Waals surface area contributed by atoms with E-state index in [0.717, 1.165) is 0 Å². The zero-order valence-electron chi connectivity index (χ0n) is 8.97. The fraction of sp³-hybridized carbons (Fsp3) is 0.182. The molecule has 0 bridgehead atoms. The highest BCUT2D eigenvalue weighted by molar-refractivity contribution is 7.90. The number of aromatic nitrogens is 1. The third kappa shape index (κ3) is 1.86. The molecule has 84 valence electrons. The number of pyridine rings is 1. The summed E-state index contributed by atoms with van der Waals surface area (Å²) in [5.74, 6) is 0.621. The van der Waals surface area contributed by atoms with Gasteiger partial charge in [-0.05, 0) is 24.3 Å². The van der Waals surface area contributed by atoms with E-state index in [1.165, 1.54) is 6.26 Å². The standard InChI is InChI=1S/C11H11NO3S/c1-15-11-5-6-12-10-4-3-8(7-9(10)11)16(2,13)14/h3-7H,1-2H3. The van der Waals surface area contributed by atoms with Crippen LogP contribution in [0, 0.1) is 0 Å². The van der Waals surface area contributed by atoms with Crippen LogP contribution in [0.5, 0.6) is 5.75 Å². The second-order valence-corrected chi connectivity index (χ2v) is 5.48. The van der Waals surface area contributed by atoms with E-state index in [2.05, 4.69) is 4.98 Å². The van der Waals surface area contributed by atoms with Gasteiger partial charge in [0, 0.05) is 17.8 Å². The summed E-state index contributed by atoms with van der Waals surface area (Å²) in [5, 5.41) is 0.702. The molecule has 0 atom stereocenters. The molecule has 16 heavy (non-hydrogen) atoms. The largest absolute Gasteiger partial charge is 0.496 e. The third-order valence-electron chi connectivity index (χ3n) is 2.32. The molecule has 5 heteroatoms. The van der Waals surface area contributed by atoms with Gasteiger partial charge in [0.2, 0.25) is 0 Å². The van der Waals surface area contributed by atoms with Crippen molar-refractivity contribution in [3.05, 3.63) is 30.5 Å². The van der Waals surface area contributed by atoms with Crippen LogP contribution in [0.3, 0.4) is 0 Å². The number of benzene rings is 1. The van der Waals surface area contributed by atoms with Crippen molar-refractivity contribution in [3.63, 3.8) is 0 Å². The average Bonchev–Trinajstić information content (AvgIpc) is 2.26. The Hall–Kier alpha value is -1.62. The van der Waals surface area contributed by atoms with Gasteiger partial charge in [-0.15, -0.1) is 0 Å². The predicted molar refractivity (Wildman–Crippen MR) is 61.4 cm³/mol. The SMILES string of the molecule is COc1ccnc2ccc(S(C)(=O)=O)cc12. The number of sulfone groups is 1. The van der Waals surface area contributed by atoms with Crippen LogP contribution in [0.25, 0.3) is 10.9 Å². The quantitative estimate of drug-likeness (QED) is 0.796. The first kappa shape index (κ1) is 10.9. The molecule has 0 radical (unpaired) electrons. The van der Waals surface area contributed by atoms with Crippen molar-refractivity contribution >= 4 is 20.7 Å². The van der Waals surface area contributed by atoms with Crippen molar-refractivity contribution in [1.82, 2.24) is 4.98 Å². The Morgan fingerprint density at radius 2 is 2.00 bits per heavy atom. The minimum absolute atomic E-state index is 0.270. The van der Waals surface area contributed by atoms with Crippen LogP contribution < -0.4 is 4.74 Å². The zero-order chi connectivity index (χ0) is 11.8. The first-order chi connectivity index (χ1) is 7.52. The Labute approximate surface area is 93.8 Å². The van der Waals surface area contributed by atoms with Gasteiger partial charge in [0.05, 0.1) is 17.5 Å². The van der Waals surface area contributed by atoms with Crippen molar-refractivity contribution in [2.45, 2.75) is 4.90 Å². The van der Waals surface area contributed by atoms with Crippen molar-refractivity contribution in [2.75, 3.05) is 13.4 Å². The highest BCUT2D eigenvalue weighted by atomic mass is 32.2. The van der Waals surface area contributed by atoms with E-state index in [-0.39, 0.29) is 4.90 Å². The first-order valence-corrected chi connectivity index (χ1v) is 6.54. The van der Waals surface area contributed by atoms with E-state index in [4.69, 9.17) is 4.74 Å². The minimum Gasteiger partial charge on any atom is -0.496 e. The normalized spacial score (nSPS) is 11.6. The Kier molecular flexibility index (Phi) is 2.55. The topological polar surface area (TPSA) is 56.3 Å². The van der Waals surface area contributed by atoms with E-state index in [9.17, 15) is 8.42 Å². The molecule has 0 aliphatic rings. The van der Waals surface area contributed by atoms with Crippen LogP contribution in [0.4, 0.5) is 0 Å². The van der Waals surface area contributed by atoms with Crippen LogP contribution in [-0.4, -0.2) is 26.8 Å². The molecule has 1 aromatic heterocycles. The van der Waals surface area contributed by atoms with Gasteiger partial charge in [-0.1, -0.05) is 0 Å². The summed E-state index contributed by atoms with van der Waals surface area (Å²) >= 11 is 0. The molecule has 0 unspecified atom stereocenters. The molecule has 0 aliphatic carbocycles. The molecule has 0 amide bonds. The Morgan fingerprint density at radius 3 is 2.62 bits per heavy atom. The molecule has 4 nitrogen and oxygen atoms in total. The summed E-state index contributed by atoms with van der Waals surface area (Å²) in [4.78, 5) is 4.41. The van der Waals surface area contributed by atoms with E-state index in [1.807, 2.05) is 0 Å². The van der Waals surface area contributed by atoms with E-state index < -0.39 is 9.84 Å². The van der Waals surface area contributed by atoms with Gasteiger partial charge in [0.15, 0.2) is 9.84 Å². The molecule has 0 saturated heterocycles. The molecule has 0 aliphatic heterocycles. The maximum atomic E-state index is 11.4. The Morgan fingerprint density at radius 1 is 1.25 bits per heavy atom. The summed E-state index contributed by atoms with van der Waals surface area (Å²) in [6, 6.07) is 6.50. The summed E-state index contributed by atoms with van der Waals surface area (Å²) in [5.41, 5.74) is 0.715. The van der Waals surface area contributed by atoms with Crippen molar-refractivity contribution < 1.29 is 13.2 Å². The summed E-state index contributed by atoms with van der Waals surface area (Å²) < 4.78 is 28.0. The van der Waals surface area contributed by atoms with Crippen LogP contribution in [-0.2, 0) is 9.84 Å². The second-order valence-electron chi connectivity index (χ2n) is 3.46. The molecule has 1 heterocycles. The van der Waals surface area contributed by atoms with Crippen LogP contribution in [0.2, 0.25) is 0 Å². The fourth-order valence-electron chi connectivity index (χ4n) is 1.51. The van der Waals surface area contributed by atoms with Crippen molar-refractivity contribution in [2.24, 2.45) is 0 Å². The number of nitrogens with zero attached hydrogens (tertiary/aromatic N) is 1. The molecule has 0 fully saturated rings. The number of rotatable bonds is 2. The minimum atomic E-state index is -3.20. The molecule has 2 rings (SSSR count). The Balaban J connectivity index is 2.78. The van der Waals surface area contributed by atoms with Gasteiger partial charge in [-0.2, -0.15) is 0 Å². The maximum absolute atomic E-state index is 11.4. The van der Waals surface area contributed by atoms with Gasteiger partial charge in [0.1, 0.15) is 5.75 Å². The summed E-state index contributed by atoms with van der Waals surface area (Å²) in [7, 11) is -1.66. The molecule has 0 spiro atoms. The molecular weight excluding hydrogens is 226 g/mol. The van der Waals surface area contributed by atoms with Crippen LogP contribution >= 0.6 is 0 Å². The van der Waals surface area contributed by atoms with E-state index in [0.29, 0.717) is 16.7 Å². The van der Waals surface area contributed by atoms with E-state index in [1.54, 1.807) is 37.6 Å². The number of ether oxygens (including phenoxy) is 1. The van der Waals surface area contributed by atoms with Gasteiger partial charge in [-0.3, -0.25) is 4.98 Å². The van der Waals surface area contributed by atoms with Gasteiger partial charge in [-0.25, -0.2) is 8.42 Å². The number of fused-ring (bicyclic) bond motifs is 1. The van der Waals surface area contributed by atoms with Gasteiger partial charge in [0.25, 0.3) is 0 Å². The molecule has 0 saturated carbocycles. The van der Waals surface area contributed by atoms with Gasteiger partial charge < -0.3 is 4.74 Å². The van der Waals surface area contributed by atoms with Crippen LogP contribution in [0.1, 0.15) is 0 Å². The Bertz CT molecular complexity index is 635. The monoisotopic (exact) mass is 237 g/mol. The maximum Gasteiger partial charge on any atom is 0.175 e. The predicted octanol–water partition coefficient (Wildman–Crippen LogP) is 1.65. The first-order valence-electron chi connectivity index (χ1n) is 4.65. The highest BCUT2D eigenvalue weighted by Crippen LogP contribution is 2.25. The molecular formula is C11H11NO3S. The molecule has 0 N–H and O–H groups in total. The average molecular weight is 237 g/mol. The lowest BCUT2D eigenvalue weighted by Gasteiger charge is -2.05. The van der Waals surface area contributed by atoms with Crippen molar-refractivity contribution in [3.8, 4) is 5.75 Å². The highest BCUT2D eigenvalue weighted by Gasteiger charge is 2.10. The fourth-order valence-corrected chi connectivity index (χ4v) is 2.16. The lowest BCUT2D eigenvalue weighted by atomic mass is 10.2. The molecule has 2 aromatic rings. The molecule has 1 aromatic carbocycles. The van der Waals surface area contributed by atoms with Crippen LogP contribution in [0.15, 0.2) is 35.4 Å². The summed E-state index contributed by atoms with van der Waals surface area (Å²) in [6.45, 7) is 0. The lowest BCUT2D eigenvalue weighted by molar-refractivity contribution is 0.419. The summed E-state index contributed by atoms with van der Waals surface area (Å²) in [6.07, 6.45) is 2.80. The second kappa shape index (κ2) is 3.75. The van der Waals surface area contributed by atoms with Crippen molar-refractivity contribution in [1.29, 1.82) is 0 Å². The van der Waals surface area contributed by atoms with Gasteiger partial charge >= 0.3 is 0 Å². The zero-order valence-corrected chi connectivity index (χ0v) is 9.78.